The third kappa shape index (κ3) is 2.32. The van der Waals surface area contributed by atoms with Crippen molar-refractivity contribution in [2.75, 3.05) is 0 Å². The highest BCUT2D eigenvalue weighted by atomic mass is 16.2. The van der Waals surface area contributed by atoms with Crippen LogP contribution in [-0.2, 0) is 14.1 Å². The van der Waals surface area contributed by atoms with Crippen LogP contribution in [0.15, 0.2) is 21.7 Å². The van der Waals surface area contributed by atoms with Crippen molar-refractivity contribution in [2.45, 2.75) is 25.8 Å². The van der Waals surface area contributed by atoms with Crippen molar-refractivity contribution in [1.82, 2.24) is 19.4 Å². The van der Waals surface area contributed by atoms with E-state index in [-0.39, 0.29) is 23.3 Å². The molecular formula is C15H18N4O3. The van der Waals surface area contributed by atoms with E-state index >= 15 is 0 Å². The molecule has 0 saturated heterocycles. The SMILES string of the molecule is CC(NC(=O)c1ccc2c(=O)n(C)c(=O)n(C)c2n1)C1CC1. The maximum absolute atomic E-state index is 12.2. The lowest BCUT2D eigenvalue weighted by Gasteiger charge is -2.13. The fourth-order valence-electron chi connectivity index (χ4n) is 2.58. The quantitative estimate of drug-likeness (QED) is 0.875. The minimum atomic E-state index is -0.464. The van der Waals surface area contributed by atoms with Gasteiger partial charge in [-0.15, -0.1) is 0 Å². The average Bonchev–Trinajstić information content (AvgIpc) is 3.35. The third-order valence-electron chi connectivity index (χ3n) is 4.22. The Hall–Kier alpha value is -2.44. The molecule has 1 unspecified atom stereocenters. The monoisotopic (exact) mass is 302 g/mol. The molecule has 1 amide bonds. The fourth-order valence-corrected chi connectivity index (χ4v) is 2.58. The summed E-state index contributed by atoms with van der Waals surface area (Å²) in [5, 5.41) is 3.23. The van der Waals surface area contributed by atoms with Crippen LogP contribution in [0.4, 0.5) is 0 Å². The van der Waals surface area contributed by atoms with E-state index in [9.17, 15) is 14.4 Å². The molecule has 7 nitrogen and oxygen atoms in total. The summed E-state index contributed by atoms with van der Waals surface area (Å²) in [5.41, 5.74) is -0.444. The number of carbonyl (C=O) groups is 1. The molecule has 1 aliphatic rings. The van der Waals surface area contributed by atoms with Crippen LogP contribution in [0.3, 0.4) is 0 Å². The average molecular weight is 302 g/mol. The fraction of sp³-hybridized carbons (Fsp3) is 0.467. The molecule has 1 aliphatic carbocycles. The number of nitrogens with zero attached hydrogens (tertiary/aromatic N) is 3. The zero-order chi connectivity index (χ0) is 16.0. The summed E-state index contributed by atoms with van der Waals surface area (Å²) in [6.07, 6.45) is 2.27. The van der Waals surface area contributed by atoms with Crippen LogP contribution in [0, 0.1) is 5.92 Å². The second kappa shape index (κ2) is 5.08. The van der Waals surface area contributed by atoms with Crippen LogP contribution in [-0.4, -0.2) is 26.1 Å². The number of fused-ring (bicyclic) bond motifs is 1. The van der Waals surface area contributed by atoms with Crippen molar-refractivity contribution in [3.05, 3.63) is 38.7 Å². The molecule has 116 valence electrons. The largest absolute Gasteiger partial charge is 0.348 e. The first kappa shape index (κ1) is 14.5. The van der Waals surface area contributed by atoms with E-state index in [2.05, 4.69) is 10.3 Å². The van der Waals surface area contributed by atoms with Crippen molar-refractivity contribution in [3.8, 4) is 0 Å². The zero-order valence-corrected chi connectivity index (χ0v) is 12.8. The van der Waals surface area contributed by atoms with Crippen molar-refractivity contribution in [2.24, 2.45) is 20.0 Å². The molecule has 2 aromatic rings. The highest BCUT2D eigenvalue weighted by molar-refractivity contribution is 5.94. The van der Waals surface area contributed by atoms with E-state index in [1.807, 2.05) is 6.92 Å². The van der Waals surface area contributed by atoms with Crippen molar-refractivity contribution in [1.29, 1.82) is 0 Å². The van der Waals surface area contributed by atoms with E-state index < -0.39 is 11.2 Å². The lowest BCUT2D eigenvalue weighted by atomic mass is 10.2. The molecule has 0 bridgehead atoms. The van der Waals surface area contributed by atoms with Gasteiger partial charge in [0, 0.05) is 20.1 Å². The minimum absolute atomic E-state index is 0.109. The first-order valence-electron chi connectivity index (χ1n) is 7.27. The summed E-state index contributed by atoms with van der Waals surface area (Å²) in [5.74, 6) is 0.260. The van der Waals surface area contributed by atoms with Gasteiger partial charge in [-0.25, -0.2) is 9.78 Å². The van der Waals surface area contributed by atoms with Gasteiger partial charge in [0.25, 0.3) is 11.5 Å². The molecule has 0 aliphatic heterocycles. The van der Waals surface area contributed by atoms with Crippen LogP contribution >= 0.6 is 0 Å². The maximum Gasteiger partial charge on any atom is 0.332 e. The summed E-state index contributed by atoms with van der Waals surface area (Å²) in [7, 11) is 2.95. The van der Waals surface area contributed by atoms with Crippen LogP contribution in [0.1, 0.15) is 30.3 Å². The van der Waals surface area contributed by atoms with Crippen LogP contribution in [0.2, 0.25) is 0 Å². The Morgan fingerprint density at radius 1 is 1.27 bits per heavy atom. The molecule has 7 heteroatoms. The molecule has 2 aromatic heterocycles. The second-order valence-corrected chi connectivity index (χ2v) is 5.87. The standard InChI is InChI=1S/C15H18N4O3/c1-8(9-4-5-9)16-13(20)11-7-6-10-12(17-11)18(2)15(22)19(3)14(10)21/h6-9H,4-5H2,1-3H3,(H,16,20). The van der Waals surface area contributed by atoms with E-state index in [0.29, 0.717) is 11.3 Å². The molecule has 2 heterocycles. The molecule has 0 spiro atoms. The molecule has 1 atom stereocenters. The van der Waals surface area contributed by atoms with Gasteiger partial charge in [-0.2, -0.15) is 0 Å². The molecule has 1 N–H and O–H groups in total. The second-order valence-electron chi connectivity index (χ2n) is 5.87. The molecular weight excluding hydrogens is 284 g/mol. The van der Waals surface area contributed by atoms with Crippen molar-refractivity contribution < 1.29 is 4.79 Å². The van der Waals surface area contributed by atoms with Gasteiger partial charge in [-0.1, -0.05) is 0 Å². The number of aryl methyl sites for hydroxylation is 1. The van der Waals surface area contributed by atoms with Gasteiger partial charge in [-0.05, 0) is 37.8 Å². The number of amides is 1. The number of carbonyl (C=O) groups excluding carboxylic acids is 1. The van der Waals surface area contributed by atoms with Gasteiger partial charge >= 0.3 is 5.69 Å². The summed E-state index contributed by atoms with van der Waals surface area (Å²) < 4.78 is 2.30. The minimum Gasteiger partial charge on any atom is -0.348 e. The summed E-state index contributed by atoms with van der Waals surface area (Å²) in [6.45, 7) is 1.97. The Balaban J connectivity index is 2.04. The Bertz CT molecular complexity index is 877. The molecule has 1 fully saturated rings. The maximum atomic E-state index is 12.2. The van der Waals surface area contributed by atoms with Gasteiger partial charge < -0.3 is 5.32 Å². The Labute approximate surface area is 126 Å². The van der Waals surface area contributed by atoms with E-state index in [1.165, 1.54) is 24.7 Å². The van der Waals surface area contributed by atoms with Gasteiger partial charge in [0.1, 0.15) is 11.3 Å². The van der Waals surface area contributed by atoms with Gasteiger partial charge in [0.2, 0.25) is 0 Å². The third-order valence-corrected chi connectivity index (χ3v) is 4.22. The van der Waals surface area contributed by atoms with Gasteiger partial charge in [0.15, 0.2) is 0 Å². The molecule has 22 heavy (non-hydrogen) atoms. The van der Waals surface area contributed by atoms with Gasteiger partial charge in [0.05, 0.1) is 5.39 Å². The number of aromatic nitrogens is 3. The van der Waals surface area contributed by atoms with E-state index in [0.717, 1.165) is 17.4 Å². The molecule has 1 saturated carbocycles. The predicted molar refractivity (Wildman–Crippen MR) is 81.9 cm³/mol. The molecule has 0 radical (unpaired) electrons. The first-order chi connectivity index (χ1) is 10.4. The number of nitrogens with one attached hydrogen (secondary N) is 1. The zero-order valence-electron chi connectivity index (χ0n) is 12.8. The van der Waals surface area contributed by atoms with Crippen LogP contribution in [0.5, 0.6) is 0 Å². The summed E-state index contributed by atoms with van der Waals surface area (Å²) >= 11 is 0. The van der Waals surface area contributed by atoms with Crippen LogP contribution < -0.4 is 16.6 Å². The number of pyridine rings is 1. The number of hydrogen-bond donors (Lipinski definition) is 1. The highest BCUT2D eigenvalue weighted by Crippen LogP contribution is 2.32. The summed E-state index contributed by atoms with van der Waals surface area (Å²) in [6, 6.07) is 3.17. The lowest BCUT2D eigenvalue weighted by Crippen LogP contribution is -2.38. The molecule has 3 rings (SSSR count). The van der Waals surface area contributed by atoms with E-state index in [1.54, 1.807) is 6.07 Å². The first-order valence-corrected chi connectivity index (χ1v) is 7.27. The number of rotatable bonds is 3. The normalized spacial score (nSPS) is 15.8. The smallest absolute Gasteiger partial charge is 0.332 e. The van der Waals surface area contributed by atoms with Crippen molar-refractivity contribution in [3.63, 3.8) is 0 Å². The van der Waals surface area contributed by atoms with Crippen molar-refractivity contribution >= 4 is 16.9 Å². The highest BCUT2D eigenvalue weighted by Gasteiger charge is 2.29. The van der Waals surface area contributed by atoms with Crippen LogP contribution in [0.25, 0.3) is 11.0 Å². The Morgan fingerprint density at radius 2 is 1.95 bits per heavy atom. The van der Waals surface area contributed by atoms with Gasteiger partial charge in [-0.3, -0.25) is 18.7 Å². The lowest BCUT2D eigenvalue weighted by molar-refractivity contribution is 0.0931. The topological polar surface area (TPSA) is 86.0 Å². The molecule has 0 aromatic carbocycles. The Morgan fingerprint density at radius 3 is 2.59 bits per heavy atom. The predicted octanol–water partition coefficient (Wildman–Crippen LogP) is 0.160. The Kier molecular flexibility index (Phi) is 3.35. The summed E-state index contributed by atoms with van der Waals surface area (Å²) in [4.78, 5) is 40.5. The van der Waals surface area contributed by atoms with E-state index in [4.69, 9.17) is 0 Å². The number of hydrogen-bond acceptors (Lipinski definition) is 4.